The number of carbonyl (C=O) groups is 1. The smallest absolute Gasteiger partial charge is 0.272 e. The lowest BCUT2D eigenvalue weighted by Gasteiger charge is -2.30. The number of halogens is 2. The molecule has 0 spiro atoms. The van der Waals surface area contributed by atoms with Crippen LogP contribution in [0.25, 0.3) is 0 Å². The molecule has 0 aromatic heterocycles. The third-order valence-corrected chi connectivity index (χ3v) is 6.05. The number of anilines is 1. The predicted molar refractivity (Wildman–Crippen MR) is 121 cm³/mol. The predicted octanol–water partition coefficient (Wildman–Crippen LogP) is 3.33. The van der Waals surface area contributed by atoms with Crippen molar-refractivity contribution in [2.24, 2.45) is 9.98 Å². The zero-order chi connectivity index (χ0) is 20.8. The van der Waals surface area contributed by atoms with Crippen LogP contribution >= 0.6 is 23.2 Å². The first-order chi connectivity index (χ1) is 14.5. The normalized spacial score (nSPS) is 21.7. The number of nitrogens with zero attached hydrogens (tertiary/aromatic N) is 4. The summed E-state index contributed by atoms with van der Waals surface area (Å²) >= 11 is 12.8. The summed E-state index contributed by atoms with van der Waals surface area (Å²) < 4.78 is 0. The number of amidine groups is 1. The Bertz CT molecular complexity index is 1120. The monoisotopic (exact) mass is 439 g/mol. The second kappa shape index (κ2) is 7.63. The molecule has 0 saturated carbocycles. The number of nitrogens with one attached hydrogen (secondary N) is 1. The van der Waals surface area contributed by atoms with E-state index < -0.39 is 6.17 Å². The summed E-state index contributed by atoms with van der Waals surface area (Å²) in [5.74, 6) is 0.362. The van der Waals surface area contributed by atoms with Crippen LogP contribution < -0.4 is 10.2 Å². The van der Waals surface area contributed by atoms with Gasteiger partial charge >= 0.3 is 0 Å². The molecule has 0 bridgehead atoms. The van der Waals surface area contributed by atoms with Crippen molar-refractivity contribution in [3.63, 3.8) is 0 Å². The number of amides is 1. The van der Waals surface area contributed by atoms with Gasteiger partial charge in [0, 0.05) is 47.4 Å². The van der Waals surface area contributed by atoms with Crippen molar-refractivity contribution < 1.29 is 4.79 Å². The summed E-state index contributed by atoms with van der Waals surface area (Å²) in [6.07, 6.45) is -0.570. The Hall–Kier alpha value is -2.51. The Balaban J connectivity index is 1.68. The van der Waals surface area contributed by atoms with Crippen molar-refractivity contribution in [3.8, 4) is 0 Å². The molecule has 0 aliphatic carbocycles. The maximum atomic E-state index is 13.5. The van der Waals surface area contributed by atoms with Gasteiger partial charge < -0.3 is 5.32 Å². The number of benzene rings is 2. The van der Waals surface area contributed by atoms with Crippen LogP contribution in [0.4, 0.5) is 5.69 Å². The number of fused-ring (bicyclic) bond motifs is 3. The SMILES string of the molecule is C=C1N=C(c2ccccc2Cl)c2cc(Cl)ccc2N2C(=O)C(N3CCNCC3)N=C12. The van der Waals surface area contributed by atoms with Gasteiger partial charge in [0.05, 0.1) is 17.1 Å². The number of aliphatic imine (C=N–C) groups is 2. The zero-order valence-corrected chi connectivity index (χ0v) is 17.6. The molecular weight excluding hydrogens is 421 g/mol. The van der Waals surface area contributed by atoms with Gasteiger partial charge in [0.1, 0.15) is 0 Å². The first-order valence-corrected chi connectivity index (χ1v) is 10.5. The van der Waals surface area contributed by atoms with Crippen LogP contribution in [-0.2, 0) is 4.79 Å². The Morgan fingerprint density at radius 3 is 2.60 bits per heavy atom. The minimum absolute atomic E-state index is 0.104. The van der Waals surface area contributed by atoms with Crippen LogP contribution in [0.2, 0.25) is 10.0 Å². The molecule has 0 radical (unpaired) electrons. The van der Waals surface area contributed by atoms with E-state index in [0.717, 1.165) is 37.3 Å². The molecule has 30 heavy (non-hydrogen) atoms. The van der Waals surface area contributed by atoms with Crippen LogP contribution in [0, 0.1) is 0 Å². The fourth-order valence-electron chi connectivity index (χ4n) is 4.05. The molecule has 1 unspecified atom stereocenters. The van der Waals surface area contributed by atoms with Gasteiger partial charge in [-0.1, -0.05) is 48.0 Å². The lowest BCUT2D eigenvalue weighted by molar-refractivity contribution is -0.122. The Kier molecular flexibility index (Phi) is 4.95. The van der Waals surface area contributed by atoms with Gasteiger partial charge in [0.15, 0.2) is 12.0 Å². The fourth-order valence-corrected chi connectivity index (χ4v) is 4.44. The van der Waals surface area contributed by atoms with Crippen LogP contribution in [0.15, 0.2) is 64.7 Å². The summed E-state index contributed by atoms with van der Waals surface area (Å²) in [6.45, 7) is 7.30. The molecule has 1 amide bonds. The second-order valence-corrected chi connectivity index (χ2v) is 8.18. The maximum Gasteiger partial charge on any atom is 0.272 e. The standard InChI is InChI=1S/C22H19Cl2N5O/c1-13-20-27-21(28-10-8-25-9-11-28)22(30)29(20)18-7-6-14(23)12-16(18)19(26-13)15-4-2-3-5-17(15)24/h2-7,12,21,25H,1,8-11H2. The van der Waals surface area contributed by atoms with E-state index in [4.69, 9.17) is 33.2 Å². The van der Waals surface area contributed by atoms with E-state index in [2.05, 4.69) is 16.8 Å². The first-order valence-electron chi connectivity index (χ1n) is 9.74. The number of hydrogen-bond acceptors (Lipinski definition) is 5. The molecule has 152 valence electrons. The maximum absolute atomic E-state index is 13.5. The van der Waals surface area contributed by atoms with Crippen molar-refractivity contribution in [2.45, 2.75) is 6.17 Å². The Morgan fingerprint density at radius 1 is 1.07 bits per heavy atom. The number of rotatable bonds is 2. The Labute approximate surface area is 184 Å². The summed E-state index contributed by atoms with van der Waals surface area (Å²) in [5, 5.41) is 4.41. The van der Waals surface area contributed by atoms with E-state index in [9.17, 15) is 4.79 Å². The molecular formula is C22H19Cl2N5O. The first kappa shape index (κ1) is 19.5. The third kappa shape index (κ3) is 3.17. The fraction of sp³-hybridized carbons (Fsp3) is 0.227. The lowest BCUT2D eigenvalue weighted by Crippen LogP contribution is -2.51. The highest BCUT2D eigenvalue weighted by molar-refractivity contribution is 6.39. The van der Waals surface area contributed by atoms with Crippen LogP contribution in [0.3, 0.4) is 0 Å². The number of piperazine rings is 1. The van der Waals surface area contributed by atoms with E-state index in [1.807, 2.05) is 30.3 Å². The molecule has 1 fully saturated rings. The van der Waals surface area contributed by atoms with Gasteiger partial charge in [-0.3, -0.25) is 14.6 Å². The van der Waals surface area contributed by atoms with E-state index >= 15 is 0 Å². The third-order valence-electron chi connectivity index (χ3n) is 5.48. The van der Waals surface area contributed by atoms with Crippen molar-refractivity contribution in [3.05, 3.63) is 75.9 Å². The molecule has 3 aliphatic rings. The molecule has 1 saturated heterocycles. The van der Waals surface area contributed by atoms with Crippen molar-refractivity contribution >= 4 is 46.3 Å². The van der Waals surface area contributed by atoms with Crippen LogP contribution in [0.5, 0.6) is 0 Å². The largest absolute Gasteiger partial charge is 0.314 e. The number of hydrogen-bond donors (Lipinski definition) is 1. The van der Waals surface area contributed by atoms with Gasteiger partial charge in [-0.05, 0) is 24.3 Å². The quantitative estimate of drug-likeness (QED) is 0.780. The lowest BCUT2D eigenvalue weighted by atomic mass is 10.00. The van der Waals surface area contributed by atoms with E-state index in [0.29, 0.717) is 33.0 Å². The average Bonchev–Trinajstić information content (AvgIpc) is 3.04. The minimum Gasteiger partial charge on any atom is -0.314 e. The van der Waals surface area contributed by atoms with Gasteiger partial charge in [0.25, 0.3) is 5.91 Å². The summed E-state index contributed by atoms with van der Waals surface area (Å²) in [5.41, 5.74) is 3.18. The van der Waals surface area contributed by atoms with Crippen LogP contribution in [-0.4, -0.2) is 54.7 Å². The molecule has 3 heterocycles. The van der Waals surface area contributed by atoms with Crippen molar-refractivity contribution in [1.82, 2.24) is 10.2 Å². The highest BCUT2D eigenvalue weighted by Gasteiger charge is 2.42. The summed E-state index contributed by atoms with van der Waals surface area (Å²) in [6, 6.07) is 12.9. The van der Waals surface area contributed by atoms with Crippen LogP contribution in [0.1, 0.15) is 11.1 Å². The molecule has 2 aromatic carbocycles. The van der Waals surface area contributed by atoms with Gasteiger partial charge in [-0.15, -0.1) is 0 Å². The molecule has 2 aromatic rings. The molecule has 5 rings (SSSR count). The highest BCUT2D eigenvalue weighted by Crippen LogP contribution is 2.36. The molecule has 1 atom stereocenters. The second-order valence-electron chi connectivity index (χ2n) is 7.33. The molecule has 6 nitrogen and oxygen atoms in total. The van der Waals surface area contributed by atoms with Gasteiger partial charge in [-0.2, -0.15) is 0 Å². The van der Waals surface area contributed by atoms with Gasteiger partial charge in [0.2, 0.25) is 0 Å². The highest BCUT2D eigenvalue weighted by atomic mass is 35.5. The molecule has 3 aliphatic heterocycles. The molecule has 1 N–H and O–H groups in total. The average molecular weight is 440 g/mol. The molecule has 8 heteroatoms. The topological polar surface area (TPSA) is 60.3 Å². The zero-order valence-electron chi connectivity index (χ0n) is 16.1. The summed E-state index contributed by atoms with van der Waals surface area (Å²) in [7, 11) is 0. The van der Waals surface area contributed by atoms with E-state index in [1.165, 1.54) is 0 Å². The van der Waals surface area contributed by atoms with E-state index in [-0.39, 0.29) is 5.91 Å². The number of carbonyl (C=O) groups excluding carboxylic acids is 1. The van der Waals surface area contributed by atoms with Gasteiger partial charge in [-0.25, -0.2) is 9.98 Å². The van der Waals surface area contributed by atoms with E-state index in [1.54, 1.807) is 17.0 Å². The Morgan fingerprint density at radius 2 is 1.83 bits per heavy atom. The minimum atomic E-state index is -0.570. The summed E-state index contributed by atoms with van der Waals surface area (Å²) in [4.78, 5) is 26.7. The van der Waals surface area contributed by atoms with Crippen molar-refractivity contribution in [2.75, 3.05) is 31.1 Å². The van der Waals surface area contributed by atoms with Crippen molar-refractivity contribution in [1.29, 1.82) is 0 Å².